The number of non-ortho nitro benzene ring substituents is 1. The number of nitrogens with two attached hydrogens (primary N) is 1. The van der Waals surface area contributed by atoms with Gasteiger partial charge >= 0.3 is 8.80 Å². The Bertz CT molecular complexity index is 579. The third kappa shape index (κ3) is 6.20. The van der Waals surface area contributed by atoms with Crippen LogP contribution in [0.25, 0.3) is 0 Å². The van der Waals surface area contributed by atoms with E-state index in [2.05, 4.69) is 0 Å². The summed E-state index contributed by atoms with van der Waals surface area (Å²) in [5, 5.41) is 11.0. The Hall–Kier alpha value is -1.81. The highest BCUT2D eigenvalue weighted by Gasteiger charge is 2.39. The molecule has 2 N–H and O–H groups in total. The molecule has 0 aliphatic rings. The Labute approximate surface area is 148 Å². The number of nitrogens with zero attached hydrogens (tertiary/aromatic N) is 1. The van der Waals surface area contributed by atoms with Crippen LogP contribution in [0.2, 0.25) is 6.04 Å². The van der Waals surface area contributed by atoms with Gasteiger partial charge in [0.25, 0.3) is 5.69 Å². The molecule has 9 heteroatoms. The van der Waals surface area contributed by atoms with Crippen LogP contribution in [-0.4, -0.2) is 39.5 Å². The first kappa shape index (κ1) is 21.2. The van der Waals surface area contributed by atoms with E-state index in [0.717, 1.165) is 0 Å². The number of carbonyl (C=O) groups is 1. The summed E-state index contributed by atoms with van der Waals surface area (Å²) < 4.78 is 17.3. The average molecular weight is 370 g/mol. The van der Waals surface area contributed by atoms with Gasteiger partial charge in [-0.3, -0.25) is 14.9 Å². The number of primary amides is 1. The van der Waals surface area contributed by atoms with Crippen LogP contribution in [0.15, 0.2) is 18.2 Å². The van der Waals surface area contributed by atoms with Crippen molar-refractivity contribution in [3.63, 3.8) is 0 Å². The average Bonchev–Trinajstić information content (AvgIpc) is 2.55. The summed E-state index contributed by atoms with van der Waals surface area (Å²) in [5.74, 6) is -0.604. The van der Waals surface area contributed by atoms with Crippen molar-refractivity contribution in [1.29, 1.82) is 0 Å². The summed E-state index contributed by atoms with van der Waals surface area (Å²) in [6.07, 6.45) is 1.05. The number of nitro benzene ring substituents is 1. The van der Waals surface area contributed by atoms with Crippen molar-refractivity contribution < 1.29 is 23.0 Å². The van der Waals surface area contributed by atoms with E-state index in [1.165, 1.54) is 18.2 Å². The summed E-state index contributed by atoms with van der Waals surface area (Å²) in [6.45, 7) is 7.09. The Morgan fingerprint density at radius 2 is 1.72 bits per heavy atom. The van der Waals surface area contributed by atoms with Gasteiger partial charge in [0.15, 0.2) is 0 Å². The minimum Gasteiger partial charge on any atom is -0.374 e. The number of hydrogen-bond acceptors (Lipinski definition) is 6. The Morgan fingerprint density at radius 1 is 1.16 bits per heavy atom. The summed E-state index contributed by atoms with van der Waals surface area (Å²) in [4.78, 5) is 22.0. The van der Waals surface area contributed by atoms with Crippen LogP contribution in [0.4, 0.5) is 5.69 Å². The maximum atomic E-state index is 11.6. The van der Waals surface area contributed by atoms with Gasteiger partial charge in [0.05, 0.1) is 4.92 Å². The van der Waals surface area contributed by atoms with Gasteiger partial charge in [-0.05, 0) is 45.2 Å². The van der Waals surface area contributed by atoms with Crippen LogP contribution in [0, 0.1) is 10.1 Å². The first-order chi connectivity index (χ1) is 11.9. The lowest BCUT2D eigenvalue weighted by molar-refractivity contribution is -0.384. The van der Waals surface area contributed by atoms with Crippen molar-refractivity contribution in [3.8, 4) is 0 Å². The molecule has 0 spiro atoms. The summed E-state index contributed by atoms with van der Waals surface area (Å²) in [6, 6.07) is 4.63. The summed E-state index contributed by atoms with van der Waals surface area (Å²) in [5.41, 5.74) is 6.14. The third-order valence-electron chi connectivity index (χ3n) is 3.59. The fourth-order valence-electron chi connectivity index (χ4n) is 2.64. The lowest BCUT2D eigenvalue weighted by Gasteiger charge is -2.28. The molecule has 1 aromatic carbocycles. The highest BCUT2D eigenvalue weighted by atomic mass is 28.4. The molecule has 0 aromatic heterocycles. The Balaban J connectivity index is 2.92. The zero-order valence-electron chi connectivity index (χ0n) is 14.9. The number of rotatable bonds is 12. The van der Waals surface area contributed by atoms with E-state index in [0.29, 0.717) is 49.8 Å². The lowest BCUT2D eigenvalue weighted by atomic mass is 10.0. The van der Waals surface area contributed by atoms with Gasteiger partial charge in [0.1, 0.15) is 0 Å². The van der Waals surface area contributed by atoms with E-state index in [-0.39, 0.29) is 5.69 Å². The molecular formula is C16H26N2O6Si. The van der Waals surface area contributed by atoms with E-state index < -0.39 is 19.6 Å². The number of benzene rings is 1. The molecule has 0 heterocycles. The molecule has 1 amide bonds. The SMILES string of the molecule is CCO[Si](CCCc1cc([N+](=O)[O-])ccc1C(N)=O)(OCC)OCC. The Kier molecular flexibility index (Phi) is 8.70. The smallest absolute Gasteiger partial charge is 0.374 e. The molecule has 25 heavy (non-hydrogen) atoms. The molecule has 0 aliphatic carbocycles. The van der Waals surface area contributed by atoms with Crippen LogP contribution in [-0.2, 0) is 19.7 Å². The molecule has 8 nitrogen and oxygen atoms in total. The van der Waals surface area contributed by atoms with Gasteiger partial charge in [-0.15, -0.1) is 0 Å². The molecule has 0 atom stereocenters. The molecule has 0 unspecified atom stereocenters. The molecular weight excluding hydrogens is 344 g/mol. The second-order valence-electron chi connectivity index (χ2n) is 5.30. The first-order valence-corrected chi connectivity index (χ1v) is 10.3. The van der Waals surface area contributed by atoms with E-state index in [1.54, 1.807) is 0 Å². The molecule has 0 radical (unpaired) electrons. The molecule has 0 fully saturated rings. The third-order valence-corrected chi connectivity index (χ3v) is 6.74. The van der Waals surface area contributed by atoms with E-state index in [9.17, 15) is 14.9 Å². The fourth-order valence-corrected chi connectivity index (χ4v) is 5.25. The van der Waals surface area contributed by atoms with E-state index in [1.807, 2.05) is 20.8 Å². The van der Waals surface area contributed by atoms with Crippen molar-refractivity contribution in [3.05, 3.63) is 39.4 Å². The number of amides is 1. The summed E-state index contributed by atoms with van der Waals surface area (Å²) >= 11 is 0. The van der Waals surface area contributed by atoms with E-state index >= 15 is 0 Å². The minimum atomic E-state index is -2.78. The van der Waals surface area contributed by atoms with Crippen molar-refractivity contribution in [2.24, 2.45) is 5.73 Å². The highest BCUT2D eigenvalue weighted by Crippen LogP contribution is 2.23. The van der Waals surface area contributed by atoms with Gasteiger partial charge in [-0.25, -0.2) is 0 Å². The Morgan fingerprint density at radius 3 is 2.16 bits per heavy atom. The van der Waals surface area contributed by atoms with Crippen molar-refractivity contribution in [2.45, 2.75) is 39.7 Å². The van der Waals surface area contributed by atoms with Crippen LogP contribution < -0.4 is 5.73 Å². The van der Waals surface area contributed by atoms with Gasteiger partial charge < -0.3 is 19.0 Å². The largest absolute Gasteiger partial charge is 0.500 e. The van der Waals surface area contributed by atoms with Gasteiger partial charge in [-0.2, -0.15) is 0 Å². The van der Waals surface area contributed by atoms with Crippen LogP contribution in [0.5, 0.6) is 0 Å². The van der Waals surface area contributed by atoms with E-state index in [4.69, 9.17) is 19.0 Å². The number of hydrogen-bond donors (Lipinski definition) is 1. The highest BCUT2D eigenvalue weighted by molar-refractivity contribution is 6.60. The number of carbonyl (C=O) groups excluding carboxylic acids is 1. The predicted molar refractivity (Wildman–Crippen MR) is 95.4 cm³/mol. The van der Waals surface area contributed by atoms with Crippen LogP contribution >= 0.6 is 0 Å². The molecule has 1 rings (SSSR count). The first-order valence-electron chi connectivity index (χ1n) is 8.38. The molecule has 140 valence electrons. The molecule has 0 saturated carbocycles. The number of nitro groups is 1. The maximum Gasteiger partial charge on any atom is 0.500 e. The maximum absolute atomic E-state index is 11.6. The molecule has 0 saturated heterocycles. The van der Waals surface area contributed by atoms with Crippen molar-refractivity contribution in [2.75, 3.05) is 19.8 Å². The predicted octanol–water partition coefficient (Wildman–Crippen LogP) is 2.67. The van der Waals surface area contributed by atoms with Gasteiger partial charge in [-0.1, -0.05) is 0 Å². The standard InChI is InChI=1S/C16H26N2O6Si/c1-4-22-25(23-5-2,24-6-3)11-7-8-13-12-14(18(20)21)9-10-15(13)16(17)19/h9-10,12H,4-8,11H2,1-3H3,(H2,17,19). The second kappa shape index (κ2) is 10.2. The number of aryl methyl sites for hydroxylation is 1. The monoisotopic (exact) mass is 370 g/mol. The van der Waals surface area contributed by atoms with Crippen LogP contribution in [0.1, 0.15) is 43.1 Å². The zero-order chi connectivity index (χ0) is 18.9. The van der Waals surface area contributed by atoms with Crippen molar-refractivity contribution >= 4 is 20.4 Å². The molecule has 0 aliphatic heterocycles. The minimum absolute atomic E-state index is 0.0667. The fraction of sp³-hybridized carbons (Fsp3) is 0.562. The zero-order valence-corrected chi connectivity index (χ0v) is 15.9. The normalized spacial score (nSPS) is 11.5. The lowest BCUT2D eigenvalue weighted by Crippen LogP contribution is -2.46. The van der Waals surface area contributed by atoms with Crippen molar-refractivity contribution in [1.82, 2.24) is 0 Å². The topological polar surface area (TPSA) is 114 Å². The van der Waals surface area contributed by atoms with Crippen LogP contribution in [0.3, 0.4) is 0 Å². The van der Waals surface area contributed by atoms with Gasteiger partial charge in [0, 0.05) is 43.6 Å². The molecule has 0 bridgehead atoms. The second-order valence-corrected chi connectivity index (χ2v) is 8.03. The molecule has 1 aromatic rings. The van der Waals surface area contributed by atoms with Gasteiger partial charge in [0.2, 0.25) is 5.91 Å². The summed E-state index contributed by atoms with van der Waals surface area (Å²) in [7, 11) is -2.78. The quantitative estimate of drug-likeness (QED) is 0.344.